The maximum atomic E-state index is 13.8. The Hall–Kier alpha value is -4.21. The van der Waals surface area contributed by atoms with Gasteiger partial charge in [0.25, 0.3) is 11.8 Å². The van der Waals surface area contributed by atoms with E-state index in [1.54, 1.807) is 17.0 Å². The van der Waals surface area contributed by atoms with Gasteiger partial charge in [0.2, 0.25) is 0 Å². The van der Waals surface area contributed by atoms with E-state index >= 15 is 0 Å². The van der Waals surface area contributed by atoms with E-state index in [4.69, 9.17) is 14.2 Å². The Morgan fingerprint density at radius 2 is 1.64 bits per heavy atom. The van der Waals surface area contributed by atoms with Gasteiger partial charge in [-0.3, -0.25) is 9.59 Å². The second-order valence-electron chi connectivity index (χ2n) is 9.42. The summed E-state index contributed by atoms with van der Waals surface area (Å²) < 4.78 is 48.0. The Kier molecular flexibility index (Phi) is 12.5. The zero-order valence-electron chi connectivity index (χ0n) is 25.2. The molecule has 0 fully saturated rings. The number of carbonyl (C=O) groups is 3. The number of ether oxygens (including phenoxy) is 4. The van der Waals surface area contributed by atoms with Crippen molar-refractivity contribution < 1.29 is 41.7 Å². The van der Waals surface area contributed by atoms with Crippen molar-refractivity contribution in [3.63, 3.8) is 0 Å². The standard InChI is InChI=1S/C29H36N4O9S2/c1-20-24(40-3)16-22(17-25(20)41-4)28(35)32(13-9-12-21-10-7-6-8-11-21)18-26-30-23(19-43-26)27(34)31-44(37,38)33(14-15-39-2)29(36)42-5/h6-8,10-11,16-17,19H,9,12-15,18H2,1-5H3,(H,31,34). The van der Waals surface area contributed by atoms with Gasteiger partial charge in [0.15, 0.2) is 0 Å². The summed E-state index contributed by atoms with van der Waals surface area (Å²) in [5, 5.41) is 1.78. The molecular formula is C29H36N4O9S2. The van der Waals surface area contributed by atoms with Crippen molar-refractivity contribution in [2.24, 2.45) is 0 Å². The van der Waals surface area contributed by atoms with Gasteiger partial charge in [0.05, 0.1) is 41.0 Å². The first kappa shape index (κ1) is 34.3. The van der Waals surface area contributed by atoms with Crippen LogP contribution in [0.2, 0.25) is 0 Å². The minimum atomic E-state index is -4.62. The zero-order chi connectivity index (χ0) is 32.3. The van der Waals surface area contributed by atoms with E-state index in [9.17, 15) is 22.8 Å². The molecule has 0 saturated carbocycles. The van der Waals surface area contributed by atoms with E-state index in [1.807, 2.05) is 42.0 Å². The molecule has 238 valence electrons. The van der Waals surface area contributed by atoms with E-state index in [2.05, 4.69) is 9.72 Å². The van der Waals surface area contributed by atoms with Gasteiger partial charge in [-0.05, 0) is 37.5 Å². The molecule has 1 heterocycles. The number of carbonyl (C=O) groups excluding carboxylic acids is 3. The third-order valence-electron chi connectivity index (χ3n) is 6.52. The van der Waals surface area contributed by atoms with Crippen molar-refractivity contribution in [3.05, 3.63) is 75.2 Å². The van der Waals surface area contributed by atoms with Crippen LogP contribution in [0.5, 0.6) is 11.5 Å². The Labute approximate surface area is 260 Å². The van der Waals surface area contributed by atoms with Crippen LogP contribution >= 0.6 is 11.3 Å². The van der Waals surface area contributed by atoms with E-state index in [-0.39, 0.29) is 31.3 Å². The van der Waals surface area contributed by atoms with Crippen molar-refractivity contribution in [1.29, 1.82) is 0 Å². The number of methoxy groups -OCH3 is 4. The van der Waals surface area contributed by atoms with Crippen LogP contribution in [0.15, 0.2) is 47.8 Å². The number of aryl methyl sites for hydroxylation is 1. The van der Waals surface area contributed by atoms with Gasteiger partial charge >= 0.3 is 16.3 Å². The van der Waals surface area contributed by atoms with Gasteiger partial charge in [-0.25, -0.2) is 14.5 Å². The van der Waals surface area contributed by atoms with Gasteiger partial charge in [0, 0.05) is 30.2 Å². The molecular weight excluding hydrogens is 612 g/mol. The normalized spacial score (nSPS) is 11.0. The summed E-state index contributed by atoms with van der Waals surface area (Å²) in [7, 11) is 0.756. The van der Waals surface area contributed by atoms with Crippen LogP contribution < -0.4 is 14.2 Å². The van der Waals surface area contributed by atoms with E-state index in [0.29, 0.717) is 39.3 Å². The summed E-state index contributed by atoms with van der Waals surface area (Å²) in [6, 6.07) is 13.2. The number of hydrogen-bond acceptors (Lipinski definition) is 11. The van der Waals surface area contributed by atoms with Crippen LogP contribution in [0.1, 0.15) is 43.4 Å². The SMILES string of the molecule is COCCN(C(=O)OC)S(=O)(=O)NC(=O)c1csc(CN(CCCc2ccccc2)C(=O)c2cc(OC)c(C)c(OC)c2)n1. The first-order valence-electron chi connectivity index (χ1n) is 13.5. The largest absolute Gasteiger partial charge is 0.496 e. The number of benzene rings is 2. The lowest BCUT2D eigenvalue weighted by molar-refractivity contribution is 0.0740. The van der Waals surface area contributed by atoms with Crippen molar-refractivity contribution in [2.75, 3.05) is 48.1 Å². The highest BCUT2D eigenvalue weighted by atomic mass is 32.2. The minimum absolute atomic E-state index is 0.0545. The fourth-order valence-corrected chi connectivity index (χ4v) is 6.05. The molecule has 0 aliphatic heterocycles. The molecule has 0 spiro atoms. The molecule has 0 atom stereocenters. The van der Waals surface area contributed by atoms with E-state index in [1.165, 1.54) is 26.7 Å². The molecule has 0 unspecified atom stereocenters. The van der Waals surface area contributed by atoms with Crippen molar-refractivity contribution in [2.45, 2.75) is 26.3 Å². The monoisotopic (exact) mass is 648 g/mol. The van der Waals surface area contributed by atoms with Crippen molar-refractivity contribution in [1.82, 2.24) is 18.9 Å². The minimum Gasteiger partial charge on any atom is -0.496 e. The topological polar surface area (TPSA) is 154 Å². The number of rotatable bonds is 15. The van der Waals surface area contributed by atoms with Crippen LogP contribution in [0.3, 0.4) is 0 Å². The molecule has 1 N–H and O–H groups in total. The molecule has 0 aliphatic carbocycles. The maximum Gasteiger partial charge on any atom is 0.424 e. The van der Waals surface area contributed by atoms with Gasteiger partial charge < -0.3 is 23.8 Å². The van der Waals surface area contributed by atoms with Crippen LogP contribution in [0, 0.1) is 6.92 Å². The lowest BCUT2D eigenvalue weighted by atomic mass is 10.1. The maximum absolute atomic E-state index is 13.8. The third kappa shape index (κ3) is 8.90. The predicted octanol–water partition coefficient (Wildman–Crippen LogP) is 3.43. The molecule has 3 amide bonds. The van der Waals surface area contributed by atoms with Crippen LogP contribution in [-0.2, 0) is 32.6 Å². The Balaban J connectivity index is 1.83. The molecule has 0 saturated heterocycles. The first-order valence-corrected chi connectivity index (χ1v) is 15.8. The number of nitrogens with one attached hydrogen (secondary N) is 1. The average molecular weight is 649 g/mol. The third-order valence-corrected chi connectivity index (χ3v) is 8.71. The number of thiazole rings is 1. The van der Waals surface area contributed by atoms with Gasteiger partial charge in [-0.15, -0.1) is 11.3 Å². The highest BCUT2D eigenvalue weighted by molar-refractivity contribution is 7.88. The number of hydrogen-bond donors (Lipinski definition) is 1. The summed E-state index contributed by atoms with van der Waals surface area (Å²) >= 11 is 1.09. The summed E-state index contributed by atoms with van der Waals surface area (Å²) in [5.74, 6) is -0.352. The molecule has 13 nitrogen and oxygen atoms in total. The summed E-state index contributed by atoms with van der Waals surface area (Å²) in [5.41, 5.74) is 2.03. The second-order valence-corrected chi connectivity index (χ2v) is 12.0. The van der Waals surface area contributed by atoms with Gasteiger partial charge in [-0.1, -0.05) is 30.3 Å². The highest BCUT2D eigenvalue weighted by Gasteiger charge is 2.31. The number of nitrogens with zero attached hydrogens (tertiary/aromatic N) is 3. The Morgan fingerprint density at radius 1 is 0.977 bits per heavy atom. The molecule has 0 radical (unpaired) electrons. The van der Waals surface area contributed by atoms with Crippen LogP contribution in [0.25, 0.3) is 0 Å². The quantitative estimate of drug-likeness (QED) is 0.259. The summed E-state index contributed by atoms with van der Waals surface area (Å²) in [4.78, 5) is 44.5. The van der Waals surface area contributed by atoms with Crippen molar-refractivity contribution in [3.8, 4) is 11.5 Å². The molecule has 44 heavy (non-hydrogen) atoms. The molecule has 0 aliphatic rings. The van der Waals surface area contributed by atoms with E-state index < -0.39 is 22.2 Å². The lowest BCUT2D eigenvalue weighted by Crippen LogP contribution is -2.47. The molecule has 3 aromatic rings. The fourth-order valence-electron chi connectivity index (χ4n) is 4.22. The predicted molar refractivity (Wildman–Crippen MR) is 163 cm³/mol. The number of aromatic nitrogens is 1. The summed E-state index contributed by atoms with van der Waals surface area (Å²) in [6.45, 7) is 1.77. The molecule has 0 bridgehead atoms. The van der Waals surface area contributed by atoms with E-state index in [0.717, 1.165) is 36.0 Å². The molecule has 15 heteroatoms. The molecule has 1 aromatic heterocycles. The first-order chi connectivity index (χ1) is 21.0. The molecule has 2 aromatic carbocycles. The lowest BCUT2D eigenvalue weighted by Gasteiger charge is -2.23. The second kappa shape index (κ2) is 16.0. The summed E-state index contributed by atoms with van der Waals surface area (Å²) in [6.07, 6.45) is 0.196. The Morgan fingerprint density at radius 3 is 2.23 bits per heavy atom. The van der Waals surface area contributed by atoms with Crippen LogP contribution in [0.4, 0.5) is 4.79 Å². The Bertz CT molecular complexity index is 1520. The molecule has 3 rings (SSSR count). The number of amides is 3. The van der Waals surface area contributed by atoms with Gasteiger partial charge in [0.1, 0.15) is 22.2 Å². The smallest absolute Gasteiger partial charge is 0.424 e. The van der Waals surface area contributed by atoms with Crippen molar-refractivity contribution >= 4 is 39.5 Å². The van der Waals surface area contributed by atoms with Crippen LogP contribution in [-0.4, -0.2) is 88.7 Å². The van der Waals surface area contributed by atoms with Gasteiger partial charge in [-0.2, -0.15) is 12.7 Å². The fraction of sp³-hybridized carbons (Fsp3) is 0.379. The zero-order valence-corrected chi connectivity index (χ0v) is 26.8. The average Bonchev–Trinajstić information content (AvgIpc) is 3.49. The highest BCUT2D eigenvalue weighted by Crippen LogP contribution is 2.30.